The molecule has 2 amide bonds. The molecule has 1 fully saturated rings. The van der Waals surface area contributed by atoms with E-state index in [1.165, 1.54) is 24.3 Å². The number of piperazine rings is 1. The summed E-state index contributed by atoms with van der Waals surface area (Å²) in [6, 6.07) is 4.96. The number of nitrogens with one attached hydrogen (secondary N) is 2. The van der Waals surface area contributed by atoms with Crippen LogP contribution in [0.5, 0.6) is 0 Å². The quantitative estimate of drug-likeness (QED) is 0.864. The van der Waals surface area contributed by atoms with E-state index < -0.39 is 11.9 Å². The van der Waals surface area contributed by atoms with Gasteiger partial charge in [-0.3, -0.25) is 9.59 Å². The number of benzene rings is 1. The van der Waals surface area contributed by atoms with Crippen LogP contribution < -0.4 is 10.6 Å². The maximum absolute atomic E-state index is 13.0. The fourth-order valence-electron chi connectivity index (χ4n) is 2.67. The SMILES string of the molecule is CC1CN(C(=O)C(NC(=O)c2ccc(F)cc2)C(C)C)CCN1.Cl. The zero-order chi connectivity index (χ0) is 17.0. The maximum Gasteiger partial charge on any atom is 0.251 e. The number of hydrogen-bond donors (Lipinski definition) is 2. The van der Waals surface area contributed by atoms with E-state index in [2.05, 4.69) is 10.6 Å². The highest BCUT2D eigenvalue weighted by molar-refractivity contribution is 5.97. The second-order valence-corrected chi connectivity index (χ2v) is 6.34. The van der Waals surface area contributed by atoms with Crippen molar-refractivity contribution in [2.24, 2.45) is 5.92 Å². The Morgan fingerprint density at radius 3 is 2.46 bits per heavy atom. The lowest BCUT2D eigenvalue weighted by Crippen LogP contribution is -2.57. The van der Waals surface area contributed by atoms with Gasteiger partial charge in [-0.25, -0.2) is 4.39 Å². The van der Waals surface area contributed by atoms with Crippen molar-refractivity contribution < 1.29 is 14.0 Å². The van der Waals surface area contributed by atoms with Crippen LogP contribution in [0.3, 0.4) is 0 Å². The van der Waals surface area contributed by atoms with Gasteiger partial charge in [0.25, 0.3) is 5.91 Å². The molecule has 134 valence electrons. The summed E-state index contributed by atoms with van der Waals surface area (Å²) in [5.74, 6) is -0.853. The highest BCUT2D eigenvalue weighted by atomic mass is 35.5. The number of halogens is 2. The van der Waals surface area contributed by atoms with Gasteiger partial charge in [-0.1, -0.05) is 13.8 Å². The van der Waals surface area contributed by atoms with Gasteiger partial charge in [0.2, 0.25) is 5.91 Å². The summed E-state index contributed by atoms with van der Waals surface area (Å²) in [5, 5.41) is 6.08. The summed E-state index contributed by atoms with van der Waals surface area (Å²) in [5.41, 5.74) is 0.346. The van der Waals surface area contributed by atoms with Crippen LogP contribution in [0, 0.1) is 11.7 Å². The van der Waals surface area contributed by atoms with Crippen molar-refractivity contribution in [2.45, 2.75) is 32.9 Å². The van der Waals surface area contributed by atoms with Crippen LogP contribution in [0.25, 0.3) is 0 Å². The van der Waals surface area contributed by atoms with Gasteiger partial charge in [-0.2, -0.15) is 0 Å². The molecule has 0 saturated carbocycles. The van der Waals surface area contributed by atoms with Crippen LogP contribution in [0.2, 0.25) is 0 Å². The second kappa shape index (κ2) is 8.99. The predicted molar refractivity (Wildman–Crippen MR) is 93.8 cm³/mol. The van der Waals surface area contributed by atoms with Gasteiger partial charge >= 0.3 is 0 Å². The number of amides is 2. The van der Waals surface area contributed by atoms with Gasteiger partial charge in [0.1, 0.15) is 11.9 Å². The van der Waals surface area contributed by atoms with Crippen LogP contribution in [-0.2, 0) is 4.79 Å². The van der Waals surface area contributed by atoms with Gasteiger partial charge in [0, 0.05) is 31.2 Å². The monoisotopic (exact) mass is 357 g/mol. The Morgan fingerprint density at radius 2 is 1.92 bits per heavy atom. The van der Waals surface area contributed by atoms with Gasteiger partial charge in [0.15, 0.2) is 0 Å². The average molecular weight is 358 g/mol. The summed E-state index contributed by atoms with van der Waals surface area (Å²) in [6.45, 7) is 7.86. The highest BCUT2D eigenvalue weighted by Gasteiger charge is 2.30. The van der Waals surface area contributed by atoms with E-state index in [0.29, 0.717) is 18.7 Å². The first-order chi connectivity index (χ1) is 10.9. The molecule has 2 unspecified atom stereocenters. The van der Waals surface area contributed by atoms with E-state index in [1.807, 2.05) is 20.8 Å². The summed E-state index contributed by atoms with van der Waals surface area (Å²) in [4.78, 5) is 26.8. The van der Waals surface area contributed by atoms with E-state index in [4.69, 9.17) is 0 Å². The minimum Gasteiger partial charge on any atom is -0.340 e. The van der Waals surface area contributed by atoms with Crippen LogP contribution in [0.1, 0.15) is 31.1 Å². The van der Waals surface area contributed by atoms with E-state index in [1.54, 1.807) is 4.90 Å². The third-order valence-electron chi connectivity index (χ3n) is 4.01. The Bertz CT molecular complexity index is 565. The molecule has 24 heavy (non-hydrogen) atoms. The molecule has 2 N–H and O–H groups in total. The lowest BCUT2D eigenvalue weighted by molar-refractivity contribution is -0.135. The van der Waals surface area contributed by atoms with Crippen molar-refractivity contribution in [3.05, 3.63) is 35.6 Å². The van der Waals surface area contributed by atoms with Crippen molar-refractivity contribution in [1.29, 1.82) is 0 Å². The summed E-state index contributed by atoms with van der Waals surface area (Å²) in [7, 11) is 0. The average Bonchev–Trinajstić information content (AvgIpc) is 2.52. The number of hydrogen-bond acceptors (Lipinski definition) is 3. The predicted octanol–water partition coefficient (Wildman–Crippen LogP) is 1.82. The Balaban J connectivity index is 0.00000288. The molecule has 0 bridgehead atoms. The molecular formula is C17H25ClFN3O2. The highest BCUT2D eigenvalue weighted by Crippen LogP contribution is 2.11. The topological polar surface area (TPSA) is 61.4 Å². The number of rotatable bonds is 4. The molecule has 1 aliphatic rings. The third-order valence-corrected chi connectivity index (χ3v) is 4.01. The van der Waals surface area contributed by atoms with Gasteiger partial charge < -0.3 is 15.5 Å². The van der Waals surface area contributed by atoms with Crippen LogP contribution >= 0.6 is 12.4 Å². The van der Waals surface area contributed by atoms with Gasteiger partial charge in [-0.05, 0) is 37.1 Å². The van der Waals surface area contributed by atoms with Crippen molar-refractivity contribution >= 4 is 24.2 Å². The van der Waals surface area contributed by atoms with E-state index in [0.717, 1.165) is 6.54 Å². The van der Waals surface area contributed by atoms with Crippen molar-refractivity contribution in [3.63, 3.8) is 0 Å². The molecule has 0 aliphatic carbocycles. The van der Waals surface area contributed by atoms with Crippen LogP contribution in [0.4, 0.5) is 4.39 Å². The molecular weight excluding hydrogens is 333 g/mol. The standard InChI is InChI=1S/C17H24FN3O2.ClH/c1-11(2)15(17(23)21-9-8-19-12(3)10-21)20-16(22)13-4-6-14(18)7-5-13;/h4-7,11-12,15,19H,8-10H2,1-3H3,(H,20,22);1H. The van der Waals surface area contributed by atoms with E-state index in [-0.39, 0.29) is 36.2 Å². The lowest BCUT2D eigenvalue weighted by atomic mass is 10.0. The van der Waals surface area contributed by atoms with E-state index >= 15 is 0 Å². The van der Waals surface area contributed by atoms with Crippen LogP contribution in [0.15, 0.2) is 24.3 Å². The smallest absolute Gasteiger partial charge is 0.251 e. The number of carbonyl (C=O) groups is 2. The van der Waals surface area contributed by atoms with Crippen LogP contribution in [-0.4, -0.2) is 48.4 Å². The molecule has 1 aliphatic heterocycles. The summed E-state index contributed by atoms with van der Waals surface area (Å²) in [6.07, 6.45) is 0. The Labute approximate surface area is 148 Å². The maximum atomic E-state index is 13.0. The molecule has 1 aromatic carbocycles. The summed E-state index contributed by atoms with van der Waals surface area (Å²) < 4.78 is 13.0. The first-order valence-electron chi connectivity index (χ1n) is 7.97. The Morgan fingerprint density at radius 1 is 1.29 bits per heavy atom. The first kappa shape index (κ1) is 20.4. The molecule has 5 nitrogen and oxygen atoms in total. The molecule has 0 spiro atoms. The summed E-state index contributed by atoms with van der Waals surface area (Å²) >= 11 is 0. The fourth-order valence-corrected chi connectivity index (χ4v) is 2.67. The molecule has 2 rings (SSSR count). The zero-order valence-corrected chi connectivity index (χ0v) is 15.0. The number of nitrogens with zero attached hydrogens (tertiary/aromatic N) is 1. The molecule has 1 aromatic rings. The minimum absolute atomic E-state index is 0. The van der Waals surface area contributed by atoms with Gasteiger partial charge in [-0.15, -0.1) is 12.4 Å². The first-order valence-corrected chi connectivity index (χ1v) is 7.97. The van der Waals surface area contributed by atoms with Gasteiger partial charge in [0.05, 0.1) is 0 Å². The largest absolute Gasteiger partial charge is 0.340 e. The molecule has 0 radical (unpaired) electrons. The van der Waals surface area contributed by atoms with Crippen molar-refractivity contribution in [1.82, 2.24) is 15.5 Å². The lowest BCUT2D eigenvalue weighted by Gasteiger charge is -2.35. The number of carbonyl (C=O) groups excluding carboxylic acids is 2. The zero-order valence-electron chi connectivity index (χ0n) is 14.2. The molecule has 7 heteroatoms. The Kier molecular flexibility index (Phi) is 7.63. The molecule has 2 atom stereocenters. The van der Waals surface area contributed by atoms with Crippen molar-refractivity contribution in [2.75, 3.05) is 19.6 Å². The second-order valence-electron chi connectivity index (χ2n) is 6.34. The molecule has 1 heterocycles. The fraction of sp³-hybridized carbons (Fsp3) is 0.529. The minimum atomic E-state index is -0.585. The Hall–Kier alpha value is -1.66. The normalized spacial score (nSPS) is 18.7. The third kappa shape index (κ3) is 5.18. The van der Waals surface area contributed by atoms with E-state index in [9.17, 15) is 14.0 Å². The molecule has 0 aromatic heterocycles. The molecule has 1 saturated heterocycles. The van der Waals surface area contributed by atoms with Crippen molar-refractivity contribution in [3.8, 4) is 0 Å².